The van der Waals surface area contributed by atoms with Gasteiger partial charge in [0, 0.05) is 12.1 Å². The lowest BCUT2D eigenvalue weighted by Gasteiger charge is -2.34. The van der Waals surface area contributed by atoms with Crippen LogP contribution in [-0.2, 0) is 4.79 Å². The van der Waals surface area contributed by atoms with Crippen molar-refractivity contribution in [2.75, 3.05) is 5.32 Å². The molecular formula is C15H14F4N2O. The standard InChI is InChI=1S/C15H14F4N2O/c16-10-7-11(17)15(19)13(14(10)18)8-1-3-9(4-2-8)21-12(22)5-6-20/h1-4,10-11,13-15H,5,7H2,(H,21,22)/t10-,11+,13?,14-,15+. The highest BCUT2D eigenvalue weighted by atomic mass is 19.2. The van der Waals surface area contributed by atoms with Crippen LogP contribution in [0.3, 0.4) is 0 Å². The maximum atomic E-state index is 13.9. The zero-order valence-electron chi connectivity index (χ0n) is 11.5. The highest BCUT2D eigenvalue weighted by Crippen LogP contribution is 2.40. The number of rotatable bonds is 3. The predicted molar refractivity (Wildman–Crippen MR) is 72.2 cm³/mol. The van der Waals surface area contributed by atoms with Gasteiger partial charge < -0.3 is 5.32 Å². The Morgan fingerprint density at radius 2 is 1.68 bits per heavy atom. The van der Waals surface area contributed by atoms with Crippen molar-refractivity contribution in [2.24, 2.45) is 0 Å². The number of carbonyl (C=O) groups excluding carboxylic acids is 1. The lowest BCUT2D eigenvalue weighted by Crippen LogP contribution is -2.43. The third-order valence-corrected chi connectivity index (χ3v) is 3.65. The Labute approximate surface area is 124 Å². The monoisotopic (exact) mass is 314 g/mol. The summed E-state index contributed by atoms with van der Waals surface area (Å²) in [6, 6.07) is 7.06. The van der Waals surface area contributed by atoms with Crippen LogP contribution >= 0.6 is 0 Å². The molecule has 1 unspecified atom stereocenters. The fourth-order valence-corrected chi connectivity index (χ4v) is 2.53. The maximum absolute atomic E-state index is 13.9. The summed E-state index contributed by atoms with van der Waals surface area (Å²) in [6.45, 7) is 0. The number of nitrogens with zero attached hydrogens (tertiary/aromatic N) is 1. The molecule has 1 aromatic carbocycles. The first-order valence-electron chi connectivity index (χ1n) is 6.77. The van der Waals surface area contributed by atoms with Crippen molar-refractivity contribution in [1.29, 1.82) is 5.26 Å². The molecule has 3 nitrogen and oxygen atoms in total. The number of carbonyl (C=O) groups is 1. The minimum Gasteiger partial charge on any atom is -0.325 e. The van der Waals surface area contributed by atoms with Gasteiger partial charge in [0.15, 0.2) is 0 Å². The summed E-state index contributed by atoms with van der Waals surface area (Å²) in [4.78, 5) is 11.2. The van der Waals surface area contributed by atoms with E-state index in [0.717, 1.165) is 0 Å². The highest BCUT2D eigenvalue weighted by molar-refractivity contribution is 5.91. The van der Waals surface area contributed by atoms with Gasteiger partial charge in [0.1, 0.15) is 31.1 Å². The van der Waals surface area contributed by atoms with Gasteiger partial charge in [0.05, 0.1) is 12.0 Å². The van der Waals surface area contributed by atoms with E-state index in [1.807, 2.05) is 0 Å². The molecule has 118 valence electrons. The van der Waals surface area contributed by atoms with E-state index < -0.39 is 42.9 Å². The number of hydrogen-bond acceptors (Lipinski definition) is 2. The fourth-order valence-electron chi connectivity index (χ4n) is 2.53. The zero-order valence-corrected chi connectivity index (χ0v) is 11.5. The molecule has 1 N–H and O–H groups in total. The third-order valence-electron chi connectivity index (χ3n) is 3.65. The van der Waals surface area contributed by atoms with Gasteiger partial charge in [-0.15, -0.1) is 0 Å². The molecule has 0 aliphatic heterocycles. The fraction of sp³-hybridized carbons (Fsp3) is 0.467. The van der Waals surface area contributed by atoms with Crippen molar-refractivity contribution in [3.8, 4) is 6.07 Å². The molecule has 0 saturated heterocycles. The van der Waals surface area contributed by atoms with Crippen molar-refractivity contribution in [2.45, 2.75) is 43.4 Å². The Hall–Kier alpha value is -2.10. The Balaban J connectivity index is 2.15. The molecule has 0 spiro atoms. The Kier molecular flexibility index (Phi) is 5.01. The number of benzene rings is 1. The molecule has 22 heavy (non-hydrogen) atoms. The summed E-state index contributed by atoms with van der Waals surface area (Å²) < 4.78 is 54.6. The van der Waals surface area contributed by atoms with Gasteiger partial charge in [-0.25, -0.2) is 17.6 Å². The molecular weight excluding hydrogens is 300 g/mol. The van der Waals surface area contributed by atoms with Gasteiger partial charge in [-0.1, -0.05) is 12.1 Å². The minimum absolute atomic E-state index is 0.128. The summed E-state index contributed by atoms with van der Waals surface area (Å²) in [5.41, 5.74) is 0.461. The number of hydrogen-bond donors (Lipinski definition) is 1. The number of amides is 1. The van der Waals surface area contributed by atoms with E-state index in [4.69, 9.17) is 5.26 Å². The van der Waals surface area contributed by atoms with Crippen LogP contribution in [0.5, 0.6) is 0 Å². The van der Waals surface area contributed by atoms with Gasteiger partial charge in [-0.2, -0.15) is 5.26 Å². The molecule has 1 saturated carbocycles. The first kappa shape index (κ1) is 16.3. The van der Waals surface area contributed by atoms with E-state index in [1.165, 1.54) is 24.3 Å². The summed E-state index contributed by atoms with van der Waals surface area (Å²) >= 11 is 0. The minimum atomic E-state index is -2.11. The first-order chi connectivity index (χ1) is 10.4. The third kappa shape index (κ3) is 3.38. The molecule has 0 heterocycles. The quantitative estimate of drug-likeness (QED) is 0.870. The van der Waals surface area contributed by atoms with E-state index in [2.05, 4.69) is 5.32 Å². The molecule has 1 aliphatic rings. The van der Waals surface area contributed by atoms with Crippen molar-refractivity contribution in [3.05, 3.63) is 29.8 Å². The molecule has 2 rings (SSSR count). The lowest BCUT2D eigenvalue weighted by molar-refractivity contribution is -0.115. The average molecular weight is 314 g/mol. The van der Waals surface area contributed by atoms with E-state index in [-0.39, 0.29) is 12.0 Å². The molecule has 1 amide bonds. The van der Waals surface area contributed by atoms with Crippen LogP contribution < -0.4 is 5.32 Å². The largest absolute Gasteiger partial charge is 0.325 e. The van der Waals surface area contributed by atoms with Crippen LogP contribution in [-0.4, -0.2) is 30.6 Å². The van der Waals surface area contributed by atoms with Gasteiger partial charge in [-0.3, -0.25) is 4.79 Å². The van der Waals surface area contributed by atoms with Gasteiger partial charge >= 0.3 is 0 Å². The summed E-state index contributed by atoms with van der Waals surface area (Å²) in [7, 11) is 0. The van der Waals surface area contributed by atoms with Gasteiger partial charge in [0.25, 0.3) is 0 Å². The van der Waals surface area contributed by atoms with Crippen LogP contribution in [0.1, 0.15) is 24.3 Å². The number of nitrogens with one attached hydrogen (secondary N) is 1. The van der Waals surface area contributed by atoms with Crippen molar-refractivity contribution in [3.63, 3.8) is 0 Å². The topological polar surface area (TPSA) is 52.9 Å². The van der Waals surface area contributed by atoms with E-state index in [1.54, 1.807) is 6.07 Å². The number of halogens is 4. The van der Waals surface area contributed by atoms with Crippen molar-refractivity contribution in [1.82, 2.24) is 0 Å². The van der Waals surface area contributed by atoms with Crippen LogP contribution in [0.4, 0.5) is 23.2 Å². The molecule has 1 fully saturated rings. The highest BCUT2D eigenvalue weighted by Gasteiger charge is 2.47. The maximum Gasteiger partial charge on any atom is 0.238 e. The van der Waals surface area contributed by atoms with Crippen LogP contribution in [0, 0.1) is 11.3 Å². The molecule has 7 heteroatoms. The van der Waals surface area contributed by atoms with Crippen LogP contribution in [0.2, 0.25) is 0 Å². The summed E-state index contributed by atoms with van der Waals surface area (Å²) in [5.74, 6) is -2.03. The van der Waals surface area contributed by atoms with Gasteiger partial charge in [-0.05, 0) is 17.7 Å². The van der Waals surface area contributed by atoms with Gasteiger partial charge in [0.2, 0.25) is 5.91 Å². The molecule has 5 atom stereocenters. The molecule has 1 aliphatic carbocycles. The second-order valence-corrected chi connectivity index (χ2v) is 5.19. The summed E-state index contributed by atoms with van der Waals surface area (Å²) in [6.07, 6.45) is -9.40. The average Bonchev–Trinajstić information content (AvgIpc) is 2.47. The first-order valence-corrected chi connectivity index (χ1v) is 6.77. The number of anilines is 1. The van der Waals surface area contributed by atoms with Crippen molar-refractivity contribution >= 4 is 11.6 Å². The SMILES string of the molecule is N#CCC(=O)Nc1ccc(C2[C@@H](F)[C@@H](F)C[C@@H](F)[C@H]2F)cc1. The van der Waals surface area contributed by atoms with Crippen LogP contribution in [0.15, 0.2) is 24.3 Å². The Bertz CT molecular complexity index is 558. The Morgan fingerprint density at radius 3 is 2.18 bits per heavy atom. The zero-order chi connectivity index (χ0) is 16.3. The second-order valence-electron chi connectivity index (χ2n) is 5.19. The van der Waals surface area contributed by atoms with E-state index in [9.17, 15) is 22.4 Å². The molecule has 1 aromatic rings. The summed E-state index contributed by atoms with van der Waals surface area (Å²) in [5, 5.41) is 10.8. The number of nitriles is 1. The molecule has 0 aromatic heterocycles. The second kappa shape index (κ2) is 6.77. The lowest BCUT2D eigenvalue weighted by atomic mass is 9.79. The molecule has 0 bridgehead atoms. The van der Waals surface area contributed by atoms with Crippen LogP contribution in [0.25, 0.3) is 0 Å². The predicted octanol–water partition coefficient (Wildman–Crippen LogP) is 3.38. The molecule has 0 radical (unpaired) electrons. The van der Waals surface area contributed by atoms with E-state index >= 15 is 0 Å². The number of alkyl halides is 4. The smallest absolute Gasteiger partial charge is 0.238 e. The Morgan fingerprint density at radius 1 is 1.14 bits per heavy atom. The van der Waals surface area contributed by atoms with E-state index in [0.29, 0.717) is 5.69 Å². The van der Waals surface area contributed by atoms with Crippen molar-refractivity contribution < 1.29 is 22.4 Å². The normalized spacial score (nSPS) is 31.3.